The molecule has 0 aliphatic heterocycles. The van der Waals surface area contributed by atoms with Crippen molar-refractivity contribution in [1.29, 1.82) is 0 Å². The third-order valence-electron chi connectivity index (χ3n) is 2.21. The van der Waals surface area contributed by atoms with Crippen molar-refractivity contribution in [1.82, 2.24) is 4.98 Å². The smallest absolute Gasteiger partial charge is 0.0705 e. The first kappa shape index (κ1) is 12.3. The van der Waals surface area contributed by atoms with Gasteiger partial charge in [0.25, 0.3) is 0 Å². The van der Waals surface area contributed by atoms with Crippen molar-refractivity contribution >= 4 is 32.4 Å². The van der Waals surface area contributed by atoms with Gasteiger partial charge < -0.3 is 5.73 Å². The number of nitrogens with zero attached hydrogens (tertiary/aromatic N) is 1. The van der Waals surface area contributed by atoms with Crippen LogP contribution in [0.25, 0.3) is 0 Å². The summed E-state index contributed by atoms with van der Waals surface area (Å²) in [7, 11) is -1.08. The topological polar surface area (TPSA) is 56.0 Å². The van der Waals surface area contributed by atoms with E-state index in [1.165, 1.54) is 0 Å². The quantitative estimate of drug-likeness (QED) is 0.887. The molecule has 5 heteroatoms. The molecule has 0 saturated carbocycles. The van der Waals surface area contributed by atoms with Gasteiger partial charge in [-0.15, -0.1) is 0 Å². The minimum atomic E-state index is -1.08. The molecule has 3 nitrogen and oxygen atoms in total. The number of anilines is 1. The maximum Gasteiger partial charge on any atom is 0.0705 e. The third kappa shape index (κ3) is 3.38. The Morgan fingerprint density at radius 3 is 2.47 bits per heavy atom. The molecule has 0 radical (unpaired) electrons. The SMILES string of the molecule is Nc1ccc(S(=O)Cc2ccc(Br)cn2)cc1. The summed E-state index contributed by atoms with van der Waals surface area (Å²) in [5.41, 5.74) is 7.06. The molecule has 2 N–H and O–H groups in total. The molecule has 2 aromatic rings. The van der Waals surface area contributed by atoms with Crippen molar-refractivity contribution in [2.75, 3.05) is 5.73 Å². The number of hydrogen-bond donors (Lipinski definition) is 1. The van der Waals surface area contributed by atoms with Crippen molar-refractivity contribution in [2.45, 2.75) is 10.6 Å². The average molecular weight is 311 g/mol. The highest BCUT2D eigenvalue weighted by atomic mass is 79.9. The third-order valence-corrected chi connectivity index (χ3v) is 4.04. The lowest BCUT2D eigenvalue weighted by atomic mass is 10.3. The lowest BCUT2D eigenvalue weighted by Crippen LogP contribution is -1.98. The zero-order valence-corrected chi connectivity index (χ0v) is 11.4. The first-order valence-corrected chi connectivity index (χ1v) is 7.11. The molecule has 0 amide bonds. The molecule has 0 aliphatic carbocycles. The molecule has 17 heavy (non-hydrogen) atoms. The second-order valence-corrected chi connectivity index (χ2v) is 5.89. The maximum atomic E-state index is 12.0. The van der Waals surface area contributed by atoms with Crippen LogP contribution in [0.3, 0.4) is 0 Å². The lowest BCUT2D eigenvalue weighted by Gasteiger charge is -2.02. The predicted octanol–water partition coefficient (Wildman–Crippen LogP) is 2.73. The van der Waals surface area contributed by atoms with Crippen LogP contribution in [0.4, 0.5) is 5.69 Å². The van der Waals surface area contributed by atoms with Gasteiger partial charge in [-0.05, 0) is 52.3 Å². The summed E-state index contributed by atoms with van der Waals surface area (Å²) in [6, 6.07) is 10.8. The Labute approximate surface area is 111 Å². The largest absolute Gasteiger partial charge is 0.399 e. The van der Waals surface area contributed by atoms with Gasteiger partial charge in [0.2, 0.25) is 0 Å². The first-order chi connectivity index (χ1) is 8.15. The first-order valence-electron chi connectivity index (χ1n) is 4.99. The zero-order valence-electron chi connectivity index (χ0n) is 8.97. The van der Waals surface area contributed by atoms with E-state index in [9.17, 15) is 4.21 Å². The molecule has 0 saturated heterocycles. The van der Waals surface area contributed by atoms with Crippen molar-refractivity contribution in [2.24, 2.45) is 0 Å². The van der Waals surface area contributed by atoms with E-state index in [0.717, 1.165) is 15.1 Å². The zero-order chi connectivity index (χ0) is 12.3. The molecular formula is C12H11BrN2OS. The normalized spacial score (nSPS) is 12.3. The standard InChI is InChI=1S/C12H11BrN2OS/c13-9-1-4-11(15-7-9)8-17(16)12-5-2-10(14)3-6-12/h1-7H,8,14H2. The Balaban J connectivity index is 2.11. The van der Waals surface area contributed by atoms with Crippen molar-refractivity contribution < 1.29 is 4.21 Å². The van der Waals surface area contributed by atoms with E-state index >= 15 is 0 Å². The summed E-state index contributed by atoms with van der Waals surface area (Å²) < 4.78 is 12.9. The van der Waals surface area contributed by atoms with Crippen LogP contribution in [0.2, 0.25) is 0 Å². The van der Waals surface area contributed by atoms with Crippen LogP contribution in [-0.2, 0) is 16.6 Å². The van der Waals surface area contributed by atoms with Gasteiger partial charge in [0, 0.05) is 21.3 Å². The van der Waals surface area contributed by atoms with Gasteiger partial charge in [-0.3, -0.25) is 9.19 Å². The van der Waals surface area contributed by atoms with Gasteiger partial charge >= 0.3 is 0 Å². The molecule has 0 bridgehead atoms. The number of nitrogen functional groups attached to an aromatic ring is 1. The number of nitrogens with two attached hydrogens (primary N) is 1. The molecular weight excluding hydrogens is 300 g/mol. The lowest BCUT2D eigenvalue weighted by molar-refractivity contribution is 0.682. The Morgan fingerprint density at radius 2 is 1.88 bits per heavy atom. The maximum absolute atomic E-state index is 12.0. The highest BCUT2D eigenvalue weighted by molar-refractivity contribution is 9.10. The molecule has 1 unspecified atom stereocenters. The number of benzene rings is 1. The Kier molecular flexibility index (Phi) is 3.91. The second kappa shape index (κ2) is 5.42. The van der Waals surface area contributed by atoms with E-state index in [2.05, 4.69) is 20.9 Å². The molecule has 1 heterocycles. The van der Waals surface area contributed by atoms with Gasteiger partial charge in [0.1, 0.15) is 0 Å². The molecule has 1 atom stereocenters. The van der Waals surface area contributed by atoms with Crippen LogP contribution in [0.15, 0.2) is 52.0 Å². The van der Waals surface area contributed by atoms with E-state index in [-0.39, 0.29) is 0 Å². The Bertz CT molecular complexity index is 525. The fraction of sp³-hybridized carbons (Fsp3) is 0.0833. The van der Waals surface area contributed by atoms with Gasteiger partial charge in [-0.25, -0.2) is 0 Å². The minimum absolute atomic E-state index is 0.414. The fourth-order valence-electron chi connectivity index (χ4n) is 1.33. The van der Waals surface area contributed by atoms with Crippen LogP contribution >= 0.6 is 15.9 Å². The van der Waals surface area contributed by atoms with Crippen molar-refractivity contribution in [3.05, 3.63) is 52.8 Å². The monoisotopic (exact) mass is 310 g/mol. The predicted molar refractivity (Wildman–Crippen MR) is 72.9 cm³/mol. The molecule has 88 valence electrons. The van der Waals surface area contributed by atoms with E-state index in [1.807, 2.05) is 12.1 Å². The second-order valence-electron chi connectivity index (χ2n) is 3.53. The number of halogens is 1. The number of hydrogen-bond acceptors (Lipinski definition) is 3. The molecule has 0 fully saturated rings. The van der Waals surface area contributed by atoms with Crippen molar-refractivity contribution in [3.63, 3.8) is 0 Å². The van der Waals surface area contributed by atoms with Crippen LogP contribution in [0.5, 0.6) is 0 Å². The summed E-state index contributed by atoms with van der Waals surface area (Å²) in [4.78, 5) is 4.96. The molecule has 0 aliphatic rings. The molecule has 1 aromatic heterocycles. The van der Waals surface area contributed by atoms with Gasteiger partial charge in [0.15, 0.2) is 0 Å². The Hall–Kier alpha value is -1.20. The van der Waals surface area contributed by atoms with E-state index in [4.69, 9.17) is 5.73 Å². The summed E-state index contributed by atoms with van der Waals surface area (Å²) in [6.45, 7) is 0. The van der Waals surface area contributed by atoms with Gasteiger partial charge in [-0.1, -0.05) is 0 Å². The number of aromatic nitrogens is 1. The Morgan fingerprint density at radius 1 is 1.18 bits per heavy atom. The van der Waals surface area contributed by atoms with E-state index in [0.29, 0.717) is 11.4 Å². The van der Waals surface area contributed by atoms with Gasteiger partial charge in [-0.2, -0.15) is 0 Å². The summed E-state index contributed by atoms with van der Waals surface area (Å²) in [5, 5.41) is 0. The van der Waals surface area contributed by atoms with Crippen molar-refractivity contribution in [3.8, 4) is 0 Å². The number of pyridine rings is 1. The van der Waals surface area contributed by atoms with Crippen LogP contribution in [0.1, 0.15) is 5.69 Å². The summed E-state index contributed by atoms with van der Waals surface area (Å²) in [5.74, 6) is 0.414. The van der Waals surface area contributed by atoms with Crippen LogP contribution in [0, 0.1) is 0 Å². The fourth-order valence-corrected chi connectivity index (χ4v) is 2.61. The molecule has 1 aromatic carbocycles. The minimum Gasteiger partial charge on any atom is -0.399 e. The molecule has 0 spiro atoms. The highest BCUT2D eigenvalue weighted by Crippen LogP contribution is 2.14. The van der Waals surface area contributed by atoms with Crippen LogP contribution < -0.4 is 5.73 Å². The van der Waals surface area contributed by atoms with E-state index < -0.39 is 10.8 Å². The van der Waals surface area contributed by atoms with E-state index in [1.54, 1.807) is 30.5 Å². The highest BCUT2D eigenvalue weighted by Gasteiger charge is 2.05. The summed E-state index contributed by atoms with van der Waals surface area (Å²) >= 11 is 3.31. The summed E-state index contributed by atoms with van der Waals surface area (Å²) in [6.07, 6.45) is 1.70. The average Bonchev–Trinajstić information content (AvgIpc) is 2.33. The van der Waals surface area contributed by atoms with Crippen LogP contribution in [-0.4, -0.2) is 9.19 Å². The molecule has 2 rings (SSSR count). The van der Waals surface area contributed by atoms with Gasteiger partial charge in [0.05, 0.1) is 22.2 Å². The number of rotatable bonds is 3.